The van der Waals surface area contributed by atoms with Crippen LogP contribution in [0.15, 0.2) is 48.5 Å². The molecular weight excluding hydrogens is 370 g/mol. The number of benzene rings is 2. The molecule has 0 spiro atoms. The largest absolute Gasteiger partial charge is 0.497 e. The Morgan fingerprint density at radius 1 is 0.929 bits per heavy atom. The zero-order valence-corrected chi connectivity index (χ0v) is 17.5. The van der Waals surface area contributed by atoms with Crippen molar-refractivity contribution in [2.45, 2.75) is 43.4 Å². The van der Waals surface area contributed by atoms with E-state index in [0.717, 1.165) is 22.6 Å². The average Bonchev–Trinajstić information content (AvgIpc) is 2.77. The lowest BCUT2D eigenvalue weighted by Gasteiger charge is -2.23. The summed E-state index contributed by atoms with van der Waals surface area (Å²) in [5.74, 6) is 2.19. The van der Waals surface area contributed by atoms with Gasteiger partial charge in [-0.2, -0.15) is 0 Å². The highest BCUT2D eigenvalue weighted by Gasteiger charge is 2.20. The summed E-state index contributed by atoms with van der Waals surface area (Å²) in [5, 5.41) is 3.85. The number of amides is 1. The van der Waals surface area contributed by atoms with E-state index in [2.05, 4.69) is 5.32 Å². The third-order valence-electron chi connectivity index (χ3n) is 5.21. The highest BCUT2D eigenvalue weighted by molar-refractivity contribution is 8.00. The van der Waals surface area contributed by atoms with E-state index in [0.29, 0.717) is 11.0 Å². The number of hydrogen-bond donors (Lipinski definition) is 1. The Morgan fingerprint density at radius 3 is 1.89 bits per heavy atom. The molecule has 0 aliphatic heterocycles. The first kappa shape index (κ1) is 20.6. The van der Waals surface area contributed by atoms with E-state index in [1.54, 1.807) is 26.0 Å². The minimum Gasteiger partial charge on any atom is -0.497 e. The third-order valence-corrected chi connectivity index (χ3v) is 6.58. The second kappa shape index (κ2) is 10.4. The molecule has 0 atom stereocenters. The van der Waals surface area contributed by atoms with E-state index in [1.807, 2.05) is 48.5 Å². The number of carbonyl (C=O) groups is 1. The molecule has 1 saturated carbocycles. The topological polar surface area (TPSA) is 47.6 Å². The van der Waals surface area contributed by atoms with Crippen LogP contribution in [0.2, 0.25) is 0 Å². The van der Waals surface area contributed by atoms with Crippen LogP contribution < -0.4 is 14.8 Å². The monoisotopic (exact) mass is 399 g/mol. The van der Waals surface area contributed by atoms with Gasteiger partial charge in [0.1, 0.15) is 11.5 Å². The van der Waals surface area contributed by atoms with Gasteiger partial charge in [0.15, 0.2) is 0 Å². The van der Waals surface area contributed by atoms with Gasteiger partial charge in [0, 0.05) is 5.25 Å². The third kappa shape index (κ3) is 5.68. The van der Waals surface area contributed by atoms with Crippen molar-refractivity contribution in [2.75, 3.05) is 20.0 Å². The summed E-state index contributed by atoms with van der Waals surface area (Å²) in [6.45, 7) is 0. The number of nitrogens with one attached hydrogen (secondary N) is 1. The Kier molecular flexibility index (Phi) is 7.66. The van der Waals surface area contributed by atoms with Crippen molar-refractivity contribution < 1.29 is 14.3 Å². The highest BCUT2D eigenvalue weighted by Crippen LogP contribution is 2.29. The maximum atomic E-state index is 12.7. The number of methoxy groups -OCH3 is 2. The molecule has 150 valence electrons. The standard InChI is InChI=1S/C23H29NO3S/c1-26-19-12-8-17(9-13-19)23(18-10-14-20(27-2)15-11-18)24-22(25)16-28-21-6-4-3-5-7-21/h8-15,21,23H,3-7,16H2,1-2H3,(H,24,25). The van der Waals surface area contributed by atoms with Crippen LogP contribution in [0.1, 0.15) is 49.3 Å². The molecule has 0 saturated heterocycles. The van der Waals surface area contributed by atoms with Gasteiger partial charge in [0.2, 0.25) is 5.91 Å². The van der Waals surface area contributed by atoms with Gasteiger partial charge in [0.05, 0.1) is 26.0 Å². The van der Waals surface area contributed by atoms with Gasteiger partial charge in [0.25, 0.3) is 0 Å². The second-order valence-electron chi connectivity index (χ2n) is 7.12. The zero-order chi connectivity index (χ0) is 19.8. The van der Waals surface area contributed by atoms with E-state index in [9.17, 15) is 4.79 Å². The van der Waals surface area contributed by atoms with Crippen LogP contribution in [-0.2, 0) is 4.79 Å². The van der Waals surface area contributed by atoms with Crippen LogP contribution in [0.3, 0.4) is 0 Å². The SMILES string of the molecule is COc1ccc(C(NC(=O)CSC2CCCCC2)c2ccc(OC)cc2)cc1. The maximum Gasteiger partial charge on any atom is 0.230 e. The molecule has 0 aromatic heterocycles. The summed E-state index contributed by atoms with van der Waals surface area (Å²) in [6.07, 6.45) is 6.39. The Hall–Kier alpha value is -2.14. The summed E-state index contributed by atoms with van der Waals surface area (Å²) in [6, 6.07) is 15.5. The second-order valence-corrected chi connectivity index (χ2v) is 8.41. The summed E-state index contributed by atoms with van der Waals surface area (Å²) in [7, 11) is 3.31. The molecule has 5 heteroatoms. The van der Waals surface area contributed by atoms with Crippen molar-refractivity contribution in [1.82, 2.24) is 5.32 Å². The van der Waals surface area contributed by atoms with Crippen LogP contribution in [0.4, 0.5) is 0 Å². The van der Waals surface area contributed by atoms with Crippen molar-refractivity contribution in [3.05, 3.63) is 59.7 Å². The number of hydrogen-bond acceptors (Lipinski definition) is 4. The molecule has 1 N–H and O–H groups in total. The van der Waals surface area contributed by atoms with Crippen molar-refractivity contribution in [3.63, 3.8) is 0 Å². The van der Waals surface area contributed by atoms with Crippen molar-refractivity contribution >= 4 is 17.7 Å². The molecule has 2 aromatic rings. The highest BCUT2D eigenvalue weighted by atomic mass is 32.2. The summed E-state index contributed by atoms with van der Waals surface area (Å²) in [4.78, 5) is 12.7. The summed E-state index contributed by atoms with van der Waals surface area (Å²) >= 11 is 1.80. The maximum absolute atomic E-state index is 12.7. The predicted octanol–water partition coefficient (Wildman–Crippen LogP) is 4.98. The Morgan fingerprint density at radius 2 is 1.43 bits per heavy atom. The number of carbonyl (C=O) groups excluding carboxylic acids is 1. The Labute approximate surface area is 172 Å². The summed E-state index contributed by atoms with van der Waals surface area (Å²) in [5.41, 5.74) is 2.06. The molecule has 3 rings (SSSR count). The quantitative estimate of drug-likeness (QED) is 0.680. The van der Waals surface area contributed by atoms with Gasteiger partial charge in [-0.25, -0.2) is 0 Å². The van der Waals surface area contributed by atoms with Gasteiger partial charge in [-0.05, 0) is 48.2 Å². The molecule has 2 aromatic carbocycles. The van der Waals surface area contributed by atoms with Crippen LogP contribution in [0.5, 0.6) is 11.5 Å². The molecule has 0 radical (unpaired) electrons. The van der Waals surface area contributed by atoms with Gasteiger partial charge in [-0.15, -0.1) is 11.8 Å². The molecule has 0 heterocycles. The molecule has 0 bridgehead atoms. The first-order valence-corrected chi connectivity index (χ1v) is 10.9. The molecule has 4 nitrogen and oxygen atoms in total. The molecule has 28 heavy (non-hydrogen) atoms. The fraction of sp³-hybridized carbons (Fsp3) is 0.435. The normalized spacial score (nSPS) is 14.7. The van der Waals surface area contributed by atoms with E-state index in [-0.39, 0.29) is 11.9 Å². The average molecular weight is 400 g/mol. The van der Waals surface area contributed by atoms with Crippen molar-refractivity contribution in [3.8, 4) is 11.5 Å². The van der Waals surface area contributed by atoms with Crippen LogP contribution in [0.25, 0.3) is 0 Å². The van der Waals surface area contributed by atoms with Gasteiger partial charge in [-0.1, -0.05) is 43.5 Å². The van der Waals surface area contributed by atoms with Crippen molar-refractivity contribution in [1.29, 1.82) is 0 Å². The van der Waals surface area contributed by atoms with Crippen LogP contribution in [0, 0.1) is 0 Å². The minimum absolute atomic E-state index is 0.0761. The number of ether oxygens (including phenoxy) is 2. The first-order valence-electron chi connectivity index (χ1n) is 9.88. The lowest BCUT2D eigenvalue weighted by molar-refractivity contribution is -0.119. The molecule has 0 unspecified atom stereocenters. The summed E-state index contributed by atoms with van der Waals surface area (Å²) < 4.78 is 10.5. The number of rotatable bonds is 8. The minimum atomic E-state index is -0.198. The lowest BCUT2D eigenvalue weighted by Crippen LogP contribution is -2.31. The first-order chi connectivity index (χ1) is 13.7. The molecule has 1 amide bonds. The van der Waals surface area contributed by atoms with Gasteiger partial charge in [-0.3, -0.25) is 4.79 Å². The fourth-order valence-electron chi connectivity index (χ4n) is 3.58. The van der Waals surface area contributed by atoms with E-state index in [1.165, 1.54) is 32.1 Å². The zero-order valence-electron chi connectivity index (χ0n) is 16.6. The number of thioether (sulfide) groups is 1. The van der Waals surface area contributed by atoms with Crippen molar-refractivity contribution in [2.24, 2.45) is 0 Å². The van der Waals surface area contributed by atoms with E-state index < -0.39 is 0 Å². The molecule has 1 aliphatic rings. The fourth-order valence-corrected chi connectivity index (χ4v) is 4.72. The lowest BCUT2D eigenvalue weighted by atomic mass is 9.98. The molecule has 1 fully saturated rings. The smallest absolute Gasteiger partial charge is 0.230 e. The predicted molar refractivity (Wildman–Crippen MR) is 115 cm³/mol. The molecular formula is C23H29NO3S. The van der Waals surface area contributed by atoms with Crippen LogP contribution in [-0.4, -0.2) is 31.1 Å². The van der Waals surface area contributed by atoms with E-state index >= 15 is 0 Å². The Bertz CT molecular complexity index is 692. The van der Waals surface area contributed by atoms with Crippen LogP contribution >= 0.6 is 11.8 Å². The van der Waals surface area contributed by atoms with Gasteiger partial charge < -0.3 is 14.8 Å². The molecule has 1 aliphatic carbocycles. The van der Waals surface area contributed by atoms with E-state index in [4.69, 9.17) is 9.47 Å². The Balaban J connectivity index is 1.71. The van der Waals surface area contributed by atoms with Gasteiger partial charge >= 0.3 is 0 Å².